The highest BCUT2D eigenvalue weighted by Gasteiger charge is 2.20. The molecule has 1 saturated heterocycles. The van der Waals surface area contributed by atoms with Crippen LogP contribution in [-0.2, 0) is 14.8 Å². The predicted octanol–water partition coefficient (Wildman–Crippen LogP) is -0.0837. The van der Waals surface area contributed by atoms with Gasteiger partial charge in [-0.1, -0.05) is 6.92 Å². The van der Waals surface area contributed by atoms with Gasteiger partial charge in [0.1, 0.15) is 0 Å². The van der Waals surface area contributed by atoms with E-state index in [0.29, 0.717) is 26.1 Å². The fourth-order valence-corrected chi connectivity index (χ4v) is 3.15. The van der Waals surface area contributed by atoms with E-state index in [1.54, 1.807) is 0 Å². The van der Waals surface area contributed by atoms with E-state index in [0.717, 1.165) is 25.8 Å². The maximum atomic E-state index is 11.7. The normalized spacial score (nSPS) is 21.2. The van der Waals surface area contributed by atoms with Crippen LogP contribution in [0.5, 0.6) is 0 Å². The molecule has 1 heterocycles. The van der Waals surface area contributed by atoms with Crippen molar-refractivity contribution < 1.29 is 13.2 Å². The summed E-state index contributed by atoms with van der Waals surface area (Å²) in [5.41, 5.74) is 0. The van der Waals surface area contributed by atoms with Crippen molar-refractivity contribution in [3.05, 3.63) is 0 Å². The highest BCUT2D eigenvalue weighted by molar-refractivity contribution is 7.88. The van der Waals surface area contributed by atoms with Crippen LogP contribution in [0, 0.1) is 0 Å². The van der Waals surface area contributed by atoms with E-state index < -0.39 is 10.0 Å². The molecular weight excluding hydrogens is 266 g/mol. The zero-order chi connectivity index (χ0) is 14.3. The lowest BCUT2D eigenvalue weighted by atomic mass is 10.1. The van der Waals surface area contributed by atoms with Crippen molar-refractivity contribution in [1.82, 2.24) is 14.9 Å². The lowest BCUT2D eigenvalue weighted by molar-refractivity contribution is -0.122. The van der Waals surface area contributed by atoms with E-state index in [-0.39, 0.29) is 11.9 Å². The molecule has 112 valence electrons. The second-order valence-corrected chi connectivity index (χ2v) is 6.88. The molecule has 0 radical (unpaired) electrons. The second-order valence-electron chi connectivity index (χ2n) is 4.90. The van der Waals surface area contributed by atoms with Gasteiger partial charge in [0.25, 0.3) is 0 Å². The predicted molar refractivity (Wildman–Crippen MR) is 75.4 cm³/mol. The van der Waals surface area contributed by atoms with Gasteiger partial charge in [-0.25, -0.2) is 12.7 Å². The minimum Gasteiger partial charge on any atom is -0.355 e. The Hall–Kier alpha value is -0.660. The number of nitrogens with one attached hydrogen (secondary N) is 2. The maximum absolute atomic E-state index is 11.7. The Labute approximate surface area is 116 Å². The molecule has 1 atom stereocenters. The van der Waals surface area contributed by atoms with Crippen LogP contribution in [-0.4, -0.2) is 57.1 Å². The van der Waals surface area contributed by atoms with Crippen molar-refractivity contribution in [3.8, 4) is 0 Å². The van der Waals surface area contributed by atoms with Crippen LogP contribution in [0.3, 0.4) is 0 Å². The minimum absolute atomic E-state index is 0.0629. The Morgan fingerprint density at radius 2 is 2.16 bits per heavy atom. The van der Waals surface area contributed by atoms with Gasteiger partial charge in [0, 0.05) is 19.6 Å². The van der Waals surface area contributed by atoms with Crippen LogP contribution in [0.4, 0.5) is 0 Å². The molecule has 0 spiro atoms. The maximum Gasteiger partial charge on any atom is 0.237 e. The van der Waals surface area contributed by atoms with Crippen molar-refractivity contribution in [2.45, 2.75) is 38.6 Å². The summed E-state index contributed by atoms with van der Waals surface area (Å²) in [7, 11) is -3.11. The standard InChI is InChI=1S/C12H25N3O3S/c1-3-15(19(2,17)18)10-6-9-13-11-7-4-5-8-14-12(11)16/h11,13H,3-10H2,1-2H3,(H,14,16). The molecule has 1 unspecified atom stereocenters. The Bertz CT molecular complexity index is 384. The lowest BCUT2D eigenvalue weighted by Gasteiger charge is -2.19. The van der Waals surface area contributed by atoms with Crippen molar-refractivity contribution >= 4 is 15.9 Å². The molecular formula is C12H25N3O3S. The molecule has 0 saturated carbocycles. The largest absolute Gasteiger partial charge is 0.355 e. The van der Waals surface area contributed by atoms with Gasteiger partial charge in [-0.3, -0.25) is 4.79 Å². The van der Waals surface area contributed by atoms with Gasteiger partial charge in [0.05, 0.1) is 12.3 Å². The third kappa shape index (κ3) is 5.88. The van der Waals surface area contributed by atoms with Crippen molar-refractivity contribution in [3.63, 3.8) is 0 Å². The fraction of sp³-hybridized carbons (Fsp3) is 0.917. The smallest absolute Gasteiger partial charge is 0.237 e. The van der Waals surface area contributed by atoms with Gasteiger partial charge < -0.3 is 10.6 Å². The molecule has 1 aliphatic rings. The fourth-order valence-electron chi connectivity index (χ4n) is 2.22. The zero-order valence-electron chi connectivity index (χ0n) is 11.8. The monoisotopic (exact) mass is 291 g/mol. The summed E-state index contributed by atoms with van der Waals surface area (Å²) in [6.07, 6.45) is 4.87. The van der Waals surface area contributed by atoms with Gasteiger partial charge in [-0.2, -0.15) is 0 Å². The number of nitrogens with zero attached hydrogens (tertiary/aromatic N) is 1. The van der Waals surface area contributed by atoms with Gasteiger partial charge in [-0.15, -0.1) is 0 Å². The molecule has 0 aromatic heterocycles. The van der Waals surface area contributed by atoms with Crippen LogP contribution < -0.4 is 10.6 Å². The Kier molecular flexibility index (Phi) is 6.74. The third-order valence-electron chi connectivity index (χ3n) is 3.33. The number of hydrogen-bond donors (Lipinski definition) is 2. The number of rotatable bonds is 7. The first kappa shape index (κ1) is 16.4. The van der Waals surface area contributed by atoms with Crippen molar-refractivity contribution in [1.29, 1.82) is 0 Å². The van der Waals surface area contributed by atoms with E-state index in [2.05, 4.69) is 10.6 Å². The Morgan fingerprint density at radius 1 is 1.42 bits per heavy atom. The summed E-state index contributed by atoms with van der Waals surface area (Å²) in [6.45, 7) is 4.23. The summed E-state index contributed by atoms with van der Waals surface area (Å²) in [4.78, 5) is 11.7. The molecule has 6 nitrogen and oxygen atoms in total. The lowest BCUT2D eigenvalue weighted by Crippen LogP contribution is -2.43. The summed E-state index contributed by atoms with van der Waals surface area (Å²) in [6, 6.07) is -0.129. The first-order chi connectivity index (χ1) is 8.95. The van der Waals surface area contributed by atoms with E-state index in [4.69, 9.17) is 0 Å². The highest BCUT2D eigenvalue weighted by atomic mass is 32.2. The second kappa shape index (κ2) is 7.81. The first-order valence-electron chi connectivity index (χ1n) is 6.91. The third-order valence-corrected chi connectivity index (χ3v) is 4.71. The summed E-state index contributed by atoms with van der Waals surface area (Å²) in [5.74, 6) is 0.0629. The van der Waals surface area contributed by atoms with Gasteiger partial charge in [0.2, 0.25) is 15.9 Å². The molecule has 0 bridgehead atoms. The highest BCUT2D eigenvalue weighted by Crippen LogP contribution is 2.05. The SMILES string of the molecule is CCN(CCCNC1CCCCNC1=O)S(C)(=O)=O. The number of carbonyl (C=O) groups is 1. The van der Waals surface area contributed by atoms with Gasteiger partial charge >= 0.3 is 0 Å². The number of carbonyl (C=O) groups excluding carboxylic acids is 1. The van der Waals surface area contributed by atoms with E-state index >= 15 is 0 Å². The van der Waals surface area contributed by atoms with E-state index in [1.807, 2.05) is 6.92 Å². The molecule has 1 fully saturated rings. The molecule has 0 aromatic carbocycles. The average molecular weight is 291 g/mol. The topological polar surface area (TPSA) is 78.5 Å². The molecule has 1 aliphatic heterocycles. The summed E-state index contributed by atoms with van der Waals surface area (Å²) < 4.78 is 24.2. The number of hydrogen-bond acceptors (Lipinski definition) is 4. The number of amides is 1. The first-order valence-corrected chi connectivity index (χ1v) is 8.76. The number of sulfonamides is 1. The molecule has 19 heavy (non-hydrogen) atoms. The van der Waals surface area contributed by atoms with Crippen molar-refractivity contribution in [2.75, 3.05) is 32.4 Å². The van der Waals surface area contributed by atoms with E-state index in [1.165, 1.54) is 10.6 Å². The quantitative estimate of drug-likeness (QED) is 0.643. The molecule has 7 heteroatoms. The van der Waals surface area contributed by atoms with Crippen LogP contribution in [0.25, 0.3) is 0 Å². The molecule has 1 rings (SSSR count). The van der Waals surface area contributed by atoms with Crippen LogP contribution >= 0.6 is 0 Å². The molecule has 0 aliphatic carbocycles. The Balaban J connectivity index is 2.28. The zero-order valence-corrected chi connectivity index (χ0v) is 12.6. The van der Waals surface area contributed by atoms with Gasteiger partial charge in [0.15, 0.2) is 0 Å². The van der Waals surface area contributed by atoms with Crippen LogP contribution in [0.15, 0.2) is 0 Å². The van der Waals surface area contributed by atoms with Crippen molar-refractivity contribution in [2.24, 2.45) is 0 Å². The molecule has 0 aromatic rings. The van der Waals surface area contributed by atoms with Gasteiger partial charge in [-0.05, 0) is 32.2 Å². The average Bonchev–Trinajstić information content (AvgIpc) is 2.53. The Morgan fingerprint density at radius 3 is 2.79 bits per heavy atom. The summed E-state index contributed by atoms with van der Waals surface area (Å²) >= 11 is 0. The minimum atomic E-state index is -3.11. The molecule has 1 amide bonds. The summed E-state index contributed by atoms with van der Waals surface area (Å²) in [5, 5.41) is 6.08. The van der Waals surface area contributed by atoms with Crippen LogP contribution in [0.1, 0.15) is 32.6 Å². The molecule has 2 N–H and O–H groups in total. The van der Waals surface area contributed by atoms with E-state index in [9.17, 15) is 13.2 Å². The van der Waals surface area contributed by atoms with Crippen LogP contribution in [0.2, 0.25) is 0 Å².